The third-order valence-corrected chi connectivity index (χ3v) is 2.69. The molecular weight excluding hydrogens is 261 g/mol. The minimum Gasteiger partial charge on any atom is -0.465 e. The molecule has 0 fully saturated rings. The van der Waals surface area contributed by atoms with Crippen molar-refractivity contribution >= 4 is 17.4 Å². The molecule has 0 amide bonds. The summed E-state index contributed by atoms with van der Waals surface area (Å²) in [6.45, 7) is 3.72. The molecule has 5 heteroatoms. The highest BCUT2D eigenvalue weighted by molar-refractivity contribution is 6.22. The highest BCUT2D eigenvalue weighted by Gasteiger charge is 2.24. The number of esters is 1. The molecule has 0 aliphatic carbocycles. The Morgan fingerprint density at radius 2 is 1.80 bits per heavy atom. The number of ketones is 1. The lowest BCUT2D eigenvalue weighted by molar-refractivity contribution is -0.137. The van der Waals surface area contributed by atoms with E-state index in [-0.39, 0.29) is 29.4 Å². The Morgan fingerprint density at radius 3 is 2.25 bits per heavy atom. The molecule has 0 aromatic heterocycles. The fraction of sp³-hybridized carbons (Fsp3) is 0.333. The molecule has 4 nitrogen and oxygen atoms in total. The number of carbonyl (C=O) groups is 2. The molecule has 1 rings (SSSR count). The molecule has 0 saturated heterocycles. The zero-order chi connectivity index (χ0) is 15.3. The second kappa shape index (κ2) is 6.84. The first-order valence-electron chi connectivity index (χ1n) is 6.24. The molecule has 0 radical (unpaired) electrons. The number of Topliss-reactive ketones (excluding diaryl/α,β-unsaturated/α-hetero) is 1. The third kappa shape index (κ3) is 3.91. The van der Waals surface area contributed by atoms with Gasteiger partial charge < -0.3 is 10.5 Å². The van der Waals surface area contributed by atoms with Gasteiger partial charge >= 0.3 is 5.97 Å². The van der Waals surface area contributed by atoms with E-state index in [1.165, 1.54) is 31.4 Å². The summed E-state index contributed by atoms with van der Waals surface area (Å²) in [6, 6.07) is 5.25. The average Bonchev–Trinajstić information content (AvgIpc) is 2.38. The quantitative estimate of drug-likeness (QED) is 0.388. The van der Waals surface area contributed by atoms with Crippen LogP contribution in [0.25, 0.3) is 5.70 Å². The molecule has 0 aliphatic rings. The lowest BCUT2D eigenvalue weighted by Crippen LogP contribution is -2.20. The van der Waals surface area contributed by atoms with Crippen molar-refractivity contribution < 1.29 is 18.7 Å². The van der Waals surface area contributed by atoms with Crippen molar-refractivity contribution in [3.63, 3.8) is 0 Å². The van der Waals surface area contributed by atoms with Crippen molar-refractivity contribution in [1.29, 1.82) is 0 Å². The number of rotatable bonds is 5. The smallest absolute Gasteiger partial charge is 0.343 e. The van der Waals surface area contributed by atoms with Gasteiger partial charge in [-0.05, 0) is 35.7 Å². The van der Waals surface area contributed by atoms with Crippen LogP contribution < -0.4 is 5.73 Å². The van der Waals surface area contributed by atoms with Crippen molar-refractivity contribution in [3.8, 4) is 0 Å². The molecule has 1 aromatic rings. The topological polar surface area (TPSA) is 69.4 Å². The fourth-order valence-corrected chi connectivity index (χ4v) is 1.72. The van der Waals surface area contributed by atoms with E-state index in [9.17, 15) is 14.0 Å². The average molecular weight is 279 g/mol. The lowest BCUT2D eigenvalue weighted by atomic mass is 9.97. The molecular formula is C15H18FNO3. The molecule has 2 N–H and O–H groups in total. The van der Waals surface area contributed by atoms with E-state index in [4.69, 9.17) is 5.73 Å². The van der Waals surface area contributed by atoms with Gasteiger partial charge in [0.25, 0.3) is 0 Å². The summed E-state index contributed by atoms with van der Waals surface area (Å²) in [5.41, 5.74) is 6.10. The van der Waals surface area contributed by atoms with Gasteiger partial charge in [-0.1, -0.05) is 13.8 Å². The molecule has 108 valence electrons. The van der Waals surface area contributed by atoms with Gasteiger partial charge in [0.2, 0.25) is 0 Å². The van der Waals surface area contributed by atoms with Gasteiger partial charge in [0.1, 0.15) is 11.4 Å². The monoisotopic (exact) mass is 279 g/mol. The van der Waals surface area contributed by atoms with E-state index in [0.29, 0.717) is 5.56 Å². The van der Waals surface area contributed by atoms with Crippen LogP contribution in [0.1, 0.15) is 25.8 Å². The van der Waals surface area contributed by atoms with Crippen LogP contribution in [-0.2, 0) is 14.3 Å². The van der Waals surface area contributed by atoms with Crippen LogP contribution in [0.2, 0.25) is 0 Å². The second-order valence-electron chi connectivity index (χ2n) is 4.81. The van der Waals surface area contributed by atoms with E-state index in [1.807, 2.05) is 13.8 Å². The molecule has 0 spiro atoms. The number of methoxy groups -OCH3 is 1. The van der Waals surface area contributed by atoms with Crippen molar-refractivity contribution in [2.24, 2.45) is 11.7 Å². The first kappa shape index (κ1) is 15.9. The highest BCUT2D eigenvalue weighted by Crippen LogP contribution is 2.19. The maximum absolute atomic E-state index is 12.9. The fourth-order valence-electron chi connectivity index (χ4n) is 1.72. The van der Waals surface area contributed by atoms with Crippen molar-refractivity contribution in [3.05, 3.63) is 41.2 Å². The largest absolute Gasteiger partial charge is 0.465 e. The summed E-state index contributed by atoms with van der Waals surface area (Å²) in [5.74, 6) is -1.50. The minimum atomic E-state index is -0.780. The van der Waals surface area contributed by atoms with E-state index in [1.54, 1.807) is 0 Å². The summed E-state index contributed by atoms with van der Waals surface area (Å²) in [5, 5.41) is 0. The predicted molar refractivity (Wildman–Crippen MR) is 74.0 cm³/mol. The van der Waals surface area contributed by atoms with Crippen LogP contribution in [-0.4, -0.2) is 18.9 Å². The molecule has 0 atom stereocenters. The molecule has 0 aliphatic heterocycles. The van der Waals surface area contributed by atoms with Crippen molar-refractivity contribution in [1.82, 2.24) is 0 Å². The number of nitrogens with two attached hydrogens (primary N) is 1. The Labute approximate surface area is 117 Å². The minimum absolute atomic E-state index is 0.00231. The van der Waals surface area contributed by atoms with Gasteiger partial charge in [-0.25, -0.2) is 9.18 Å². The van der Waals surface area contributed by atoms with Crippen LogP contribution in [0.4, 0.5) is 4.39 Å². The van der Waals surface area contributed by atoms with Crippen molar-refractivity contribution in [2.75, 3.05) is 7.11 Å². The maximum atomic E-state index is 12.9. The standard InChI is InChI=1S/C15H18FNO3/c1-9(2)8-12(18)13(15(19)20-3)14(17)10-4-6-11(16)7-5-10/h4-7,9H,8,17H2,1-3H3/b14-13+. The van der Waals surface area contributed by atoms with Crippen LogP contribution >= 0.6 is 0 Å². The van der Waals surface area contributed by atoms with Gasteiger partial charge in [-0.2, -0.15) is 0 Å². The summed E-state index contributed by atoms with van der Waals surface area (Å²) < 4.78 is 17.5. The summed E-state index contributed by atoms with van der Waals surface area (Å²) >= 11 is 0. The molecule has 0 unspecified atom stereocenters. The zero-order valence-electron chi connectivity index (χ0n) is 11.8. The van der Waals surface area contributed by atoms with Crippen LogP contribution in [0.15, 0.2) is 29.8 Å². The van der Waals surface area contributed by atoms with Crippen LogP contribution in [0.5, 0.6) is 0 Å². The Hall–Kier alpha value is -2.17. The number of benzene rings is 1. The first-order valence-corrected chi connectivity index (χ1v) is 6.24. The summed E-state index contributed by atoms with van der Waals surface area (Å²) in [6.07, 6.45) is 0.187. The van der Waals surface area contributed by atoms with Gasteiger partial charge in [0.05, 0.1) is 12.8 Å². The summed E-state index contributed by atoms with van der Waals surface area (Å²) in [4.78, 5) is 23.9. The van der Waals surface area contributed by atoms with Gasteiger partial charge in [-0.3, -0.25) is 4.79 Å². The molecule has 20 heavy (non-hydrogen) atoms. The number of halogens is 1. The van der Waals surface area contributed by atoms with Crippen LogP contribution in [0, 0.1) is 11.7 Å². The van der Waals surface area contributed by atoms with Crippen molar-refractivity contribution in [2.45, 2.75) is 20.3 Å². The lowest BCUT2D eigenvalue weighted by Gasteiger charge is -2.11. The third-order valence-electron chi connectivity index (χ3n) is 2.69. The van der Waals surface area contributed by atoms with E-state index in [0.717, 1.165) is 0 Å². The number of hydrogen-bond acceptors (Lipinski definition) is 4. The number of carbonyl (C=O) groups excluding carboxylic acids is 2. The Morgan fingerprint density at radius 1 is 1.25 bits per heavy atom. The van der Waals surface area contributed by atoms with Gasteiger partial charge in [0, 0.05) is 6.42 Å². The van der Waals surface area contributed by atoms with Gasteiger partial charge in [-0.15, -0.1) is 0 Å². The Balaban J connectivity index is 3.26. The zero-order valence-corrected chi connectivity index (χ0v) is 11.8. The molecule has 0 bridgehead atoms. The molecule has 1 aromatic carbocycles. The Bertz CT molecular complexity index is 533. The van der Waals surface area contributed by atoms with E-state index >= 15 is 0 Å². The predicted octanol–water partition coefficient (Wildman–Crippen LogP) is 2.28. The van der Waals surface area contributed by atoms with Crippen LogP contribution in [0.3, 0.4) is 0 Å². The highest BCUT2D eigenvalue weighted by atomic mass is 19.1. The normalized spacial score (nSPS) is 12.1. The molecule has 0 heterocycles. The molecule has 0 saturated carbocycles. The SMILES string of the molecule is COC(=O)/C(C(=O)CC(C)C)=C(/N)c1ccc(F)cc1. The number of hydrogen-bond donors (Lipinski definition) is 1. The Kier molecular flexibility index (Phi) is 5.43. The van der Waals surface area contributed by atoms with E-state index < -0.39 is 11.8 Å². The summed E-state index contributed by atoms with van der Waals surface area (Å²) in [7, 11) is 1.18. The first-order chi connectivity index (χ1) is 9.36. The second-order valence-corrected chi connectivity index (χ2v) is 4.81. The number of ether oxygens (including phenoxy) is 1. The van der Waals surface area contributed by atoms with Gasteiger partial charge in [0.15, 0.2) is 5.78 Å². The maximum Gasteiger partial charge on any atom is 0.343 e. The van der Waals surface area contributed by atoms with E-state index in [2.05, 4.69) is 4.74 Å².